The van der Waals surface area contributed by atoms with Crippen LogP contribution in [0, 0.1) is 11.7 Å². The number of Topliss-reactive ketones (excluding diaryl/α,β-unsaturated/α-hetero) is 1. The molecule has 5 heteroatoms. The number of carbonyl (C=O) groups is 2. The summed E-state index contributed by atoms with van der Waals surface area (Å²) in [5, 5.41) is 0. The topological polar surface area (TPSA) is 37.4 Å². The van der Waals surface area contributed by atoms with Crippen molar-refractivity contribution in [3.05, 3.63) is 69.9 Å². The quantitative estimate of drug-likeness (QED) is 0.732. The molecule has 0 unspecified atom stereocenters. The summed E-state index contributed by atoms with van der Waals surface area (Å²) >= 11 is 3.37. The molecule has 3 nitrogen and oxygen atoms in total. The summed E-state index contributed by atoms with van der Waals surface area (Å²) in [7, 11) is 0. The van der Waals surface area contributed by atoms with Gasteiger partial charge in [0, 0.05) is 34.6 Å². The lowest BCUT2D eigenvalue weighted by Gasteiger charge is -2.31. The van der Waals surface area contributed by atoms with E-state index in [0.717, 1.165) is 4.47 Å². The molecule has 1 fully saturated rings. The maximum Gasteiger partial charge on any atom is 0.253 e. The third kappa shape index (κ3) is 3.73. The van der Waals surface area contributed by atoms with Gasteiger partial charge >= 0.3 is 0 Å². The summed E-state index contributed by atoms with van der Waals surface area (Å²) in [6.45, 7) is 1.12. The van der Waals surface area contributed by atoms with Gasteiger partial charge in [-0.25, -0.2) is 4.39 Å². The average molecular weight is 390 g/mol. The second kappa shape index (κ2) is 7.26. The zero-order valence-electron chi connectivity index (χ0n) is 13.0. The van der Waals surface area contributed by atoms with Crippen LogP contribution in [0.5, 0.6) is 0 Å². The molecular weight excluding hydrogens is 373 g/mol. The van der Waals surface area contributed by atoms with Crippen molar-refractivity contribution in [1.82, 2.24) is 4.90 Å². The molecule has 124 valence electrons. The lowest BCUT2D eigenvalue weighted by Crippen LogP contribution is -2.40. The summed E-state index contributed by atoms with van der Waals surface area (Å²) in [5.74, 6) is -0.434. The van der Waals surface area contributed by atoms with E-state index in [1.807, 2.05) is 12.1 Å². The number of rotatable bonds is 3. The number of hydrogen-bond donors (Lipinski definition) is 0. The van der Waals surface area contributed by atoms with Crippen molar-refractivity contribution in [2.24, 2.45) is 5.92 Å². The van der Waals surface area contributed by atoms with Crippen LogP contribution in [-0.4, -0.2) is 29.7 Å². The zero-order chi connectivity index (χ0) is 17.1. The largest absolute Gasteiger partial charge is 0.339 e. The van der Waals surface area contributed by atoms with Crippen LogP contribution in [0.25, 0.3) is 0 Å². The van der Waals surface area contributed by atoms with Gasteiger partial charge in [-0.1, -0.05) is 22.0 Å². The fraction of sp³-hybridized carbons (Fsp3) is 0.263. The minimum atomic E-state index is -0.346. The summed E-state index contributed by atoms with van der Waals surface area (Å²) in [4.78, 5) is 26.8. The number of halogens is 2. The number of piperidine rings is 1. The molecule has 0 atom stereocenters. The fourth-order valence-corrected chi connectivity index (χ4v) is 3.40. The molecule has 1 amide bonds. The lowest BCUT2D eigenvalue weighted by atomic mass is 9.88. The molecule has 0 spiro atoms. The molecule has 0 saturated carbocycles. The molecule has 1 aliphatic rings. The van der Waals surface area contributed by atoms with Crippen LogP contribution in [0.15, 0.2) is 53.0 Å². The Morgan fingerprint density at radius 2 is 1.67 bits per heavy atom. The molecular formula is C19H17BrFNO2. The highest BCUT2D eigenvalue weighted by atomic mass is 79.9. The number of ketones is 1. The van der Waals surface area contributed by atoms with Gasteiger partial charge in [0.05, 0.1) is 0 Å². The normalized spacial score (nSPS) is 15.3. The van der Waals surface area contributed by atoms with E-state index in [4.69, 9.17) is 0 Å². The van der Waals surface area contributed by atoms with Gasteiger partial charge in [-0.2, -0.15) is 0 Å². The van der Waals surface area contributed by atoms with Gasteiger partial charge in [-0.15, -0.1) is 0 Å². The van der Waals surface area contributed by atoms with Gasteiger partial charge in [0.25, 0.3) is 5.91 Å². The predicted molar refractivity (Wildman–Crippen MR) is 93.5 cm³/mol. The molecule has 24 heavy (non-hydrogen) atoms. The Morgan fingerprint density at radius 3 is 2.29 bits per heavy atom. The van der Waals surface area contributed by atoms with Gasteiger partial charge in [0.2, 0.25) is 0 Å². The Kier molecular flexibility index (Phi) is 5.09. The van der Waals surface area contributed by atoms with E-state index in [-0.39, 0.29) is 23.4 Å². The number of benzene rings is 2. The van der Waals surface area contributed by atoms with Gasteiger partial charge in [-0.3, -0.25) is 9.59 Å². The van der Waals surface area contributed by atoms with Gasteiger partial charge in [0.15, 0.2) is 5.78 Å². The molecule has 0 radical (unpaired) electrons. The first-order valence-electron chi connectivity index (χ1n) is 7.89. The second-order valence-electron chi connectivity index (χ2n) is 5.95. The minimum absolute atomic E-state index is 0.0102. The molecule has 2 aromatic rings. The highest BCUT2D eigenvalue weighted by molar-refractivity contribution is 9.10. The van der Waals surface area contributed by atoms with Crippen molar-refractivity contribution in [3.8, 4) is 0 Å². The van der Waals surface area contributed by atoms with E-state index in [0.29, 0.717) is 37.1 Å². The Balaban J connectivity index is 1.62. The molecule has 2 aromatic carbocycles. The average Bonchev–Trinajstić information content (AvgIpc) is 2.61. The van der Waals surface area contributed by atoms with Crippen molar-refractivity contribution in [2.45, 2.75) is 12.8 Å². The molecule has 0 aromatic heterocycles. The molecule has 0 bridgehead atoms. The maximum absolute atomic E-state index is 13.0. The minimum Gasteiger partial charge on any atom is -0.339 e. The third-order valence-electron chi connectivity index (χ3n) is 4.35. The first-order valence-corrected chi connectivity index (χ1v) is 8.68. The van der Waals surface area contributed by atoms with Crippen LogP contribution in [0.1, 0.15) is 33.6 Å². The van der Waals surface area contributed by atoms with E-state index in [2.05, 4.69) is 15.9 Å². The van der Waals surface area contributed by atoms with Crippen LogP contribution in [0.4, 0.5) is 4.39 Å². The Morgan fingerprint density at radius 1 is 1.00 bits per heavy atom. The molecule has 0 N–H and O–H groups in total. The number of nitrogens with zero attached hydrogens (tertiary/aromatic N) is 1. The molecule has 1 aliphatic heterocycles. The maximum atomic E-state index is 13.0. The van der Waals surface area contributed by atoms with Gasteiger partial charge in [0.1, 0.15) is 5.82 Å². The van der Waals surface area contributed by atoms with Crippen LogP contribution in [0.2, 0.25) is 0 Å². The van der Waals surface area contributed by atoms with E-state index >= 15 is 0 Å². The fourth-order valence-electron chi connectivity index (χ4n) is 3.00. The highest BCUT2D eigenvalue weighted by Crippen LogP contribution is 2.23. The third-order valence-corrected chi connectivity index (χ3v) is 4.85. The van der Waals surface area contributed by atoms with Crippen LogP contribution >= 0.6 is 15.9 Å². The molecule has 3 rings (SSSR count). The van der Waals surface area contributed by atoms with Crippen molar-refractivity contribution in [3.63, 3.8) is 0 Å². The Labute approximate surface area is 148 Å². The number of carbonyl (C=O) groups excluding carboxylic acids is 2. The summed E-state index contributed by atoms with van der Waals surface area (Å²) < 4.78 is 13.8. The van der Waals surface area contributed by atoms with E-state index in [1.165, 1.54) is 24.3 Å². The van der Waals surface area contributed by atoms with E-state index in [1.54, 1.807) is 17.0 Å². The van der Waals surface area contributed by atoms with Gasteiger partial charge < -0.3 is 4.90 Å². The van der Waals surface area contributed by atoms with Crippen LogP contribution in [0.3, 0.4) is 0 Å². The number of likely N-dealkylation sites (tertiary alicyclic amines) is 1. The number of amides is 1. The predicted octanol–water partition coefficient (Wildman–Crippen LogP) is 4.32. The zero-order valence-corrected chi connectivity index (χ0v) is 14.6. The Bertz CT molecular complexity index is 752. The smallest absolute Gasteiger partial charge is 0.253 e. The standard InChI is InChI=1S/C19H17BrFNO2/c20-16-3-1-2-15(12-16)19(24)22-10-8-14(9-11-22)18(23)13-4-6-17(21)7-5-13/h1-7,12,14H,8-11H2. The summed E-state index contributed by atoms with van der Waals surface area (Å²) in [6, 6.07) is 13.0. The monoisotopic (exact) mass is 389 g/mol. The SMILES string of the molecule is O=C(c1ccc(F)cc1)C1CCN(C(=O)c2cccc(Br)c2)CC1. The number of hydrogen-bond acceptors (Lipinski definition) is 2. The van der Waals surface area contributed by atoms with E-state index < -0.39 is 0 Å². The summed E-state index contributed by atoms with van der Waals surface area (Å²) in [5.41, 5.74) is 1.18. The van der Waals surface area contributed by atoms with Crippen molar-refractivity contribution in [2.75, 3.05) is 13.1 Å². The van der Waals surface area contributed by atoms with Crippen LogP contribution in [-0.2, 0) is 0 Å². The molecule has 1 heterocycles. The second-order valence-corrected chi connectivity index (χ2v) is 6.86. The first-order chi connectivity index (χ1) is 11.5. The van der Waals surface area contributed by atoms with E-state index in [9.17, 15) is 14.0 Å². The van der Waals surface area contributed by atoms with Crippen molar-refractivity contribution >= 4 is 27.6 Å². The highest BCUT2D eigenvalue weighted by Gasteiger charge is 2.28. The Hall–Kier alpha value is -2.01. The van der Waals surface area contributed by atoms with Crippen molar-refractivity contribution in [1.29, 1.82) is 0 Å². The summed E-state index contributed by atoms with van der Waals surface area (Å²) in [6.07, 6.45) is 1.27. The first kappa shape index (κ1) is 16.8. The van der Waals surface area contributed by atoms with Crippen molar-refractivity contribution < 1.29 is 14.0 Å². The van der Waals surface area contributed by atoms with Crippen LogP contribution < -0.4 is 0 Å². The molecule has 1 saturated heterocycles. The van der Waals surface area contributed by atoms with Gasteiger partial charge in [-0.05, 0) is 55.3 Å². The molecule has 0 aliphatic carbocycles. The lowest BCUT2D eigenvalue weighted by molar-refractivity contribution is 0.0650.